The number of aromatic nitrogens is 1. The summed E-state index contributed by atoms with van der Waals surface area (Å²) in [6.07, 6.45) is -0.698. The van der Waals surface area contributed by atoms with E-state index in [-0.39, 0.29) is 10.4 Å². The third-order valence-corrected chi connectivity index (χ3v) is 4.21. The molecule has 0 aliphatic carbocycles. The lowest BCUT2D eigenvalue weighted by Gasteiger charge is -2.17. The van der Waals surface area contributed by atoms with Crippen LogP contribution in [-0.2, 0) is 5.41 Å². The number of aliphatic hydroxyl groups is 1. The summed E-state index contributed by atoms with van der Waals surface area (Å²) in [5.41, 5.74) is 2.64. The van der Waals surface area contributed by atoms with Gasteiger partial charge in [0, 0.05) is 16.5 Å². The summed E-state index contributed by atoms with van der Waals surface area (Å²) < 4.78 is 19.2. The topological polar surface area (TPSA) is 42.4 Å². The summed E-state index contributed by atoms with van der Waals surface area (Å²) >= 11 is 5.88. The monoisotopic (exact) mass is 321 g/mol. The van der Waals surface area contributed by atoms with E-state index in [4.69, 9.17) is 16.3 Å². The molecular formula is C17H17ClFNO2. The van der Waals surface area contributed by atoms with Crippen molar-refractivity contribution in [3.05, 3.63) is 46.4 Å². The van der Waals surface area contributed by atoms with Gasteiger partial charge in [-0.2, -0.15) is 0 Å². The van der Waals surface area contributed by atoms with Gasteiger partial charge < -0.3 is 9.84 Å². The maximum atomic E-state index is 13.4. The van der Waals surface area contributed by atoms with E-state index in [2.05, 4.69) is 18.8 Å². The molecular weight excluding hydrogens is 305 g/mol. The number of ether oxygens (including phenoxy) is 1. The second kappa shape index (κ2) is 5.21. The highest BCUT2D eigenvalue weighted by Crippen LogP contribution is 2.45. The summed E-state index contributed by atoms with van der Waals surface area (Å²) in [5.74, 6) is 0.201. The molecule has 2 heterocycles. The van der Waals surface area contributed by atoms with Gasteiger partial charge in [0.25, 0.3) is 0 Å². The molecule has 0 fully saturated rings. The van der Waals surface area contributed by atoms with Gasteiger partial charge >= 0.3 is 0 Å². The van der Waals surface area contributed by atoms with Crippen molar-refractivity contribution in [2.45, 2.75) is 32.3 Å². The zero-order valence-corrected chi connectivity index (χ0v) is 13.4. The Hall–Kier alpha value is -1.65. The van der Waals surface area contributed by atoms with Crippen LogP contribution >= 0.6 is 11.6 Å². The van der Waals surface area contributed by atoms with Crippen LogP contribution in [0.4, 0.5) is 4.39 Å². The minimum atomic E-state index is -0.698. The van der Waals surface area contributed by atoms with Gasteiger partial charge in [-0.1, -0.05) is 25.4 Å². The number of pyridine rings is 1. The Labute approximate surface area is 133 Å². The first-order valence-corrected chi connectivity index (χ1v) is 7.49. The van der Waals surface area contributed by atoms with E-state index in [9.17, 15) is 9.50 Å². The number of aliphatic hydroxyl groups excluding tert-OH is 1. The van der Waals surface area contributed by atoms with Crippen molar-refractivity contribution in [2.24, 2.45) is 0 Å². The molecule has 1 aromatic heterocycles. The predicted molar refractivity (Wildman–Crippen MR) is 83.8 cm³/mol. The van der Waals surface area contributed by atoms with E-state index >= 15 is 0 Å². The van der Waals surface area contributed by atoms with Crippen molar-refractivity contribution < 1.29 is 14.2 Å². The fourth-order valence-corrected chi connectivity index (χ4v) is 2.77. The lowest BCUT2D eigenvalue weighted by molar-refractivity contribution is 0.194. The second-order valence-electron chi connectivity index (χ2n) is 6.25. The molecule has 1 aromatic carbocycles. The Morgan fingerprint density at radius 3 is 2.73 bits per heavy atom. The molecule has 3 rings (SSSR count). The van der Waals surface area contributed by atoms with Gasteiger partial charge in [0.2, 0.25) is 0 Å². The van der Waals surface area contributed by atoms with E-state index < -0.39 is 11.9 Å². The zero-order chi connectivity index (χ0) is 16.1. The van der Waals surface area contributed by atoms with E-state index in [0.29, 0.717) is 29.3 Å². The molecule has 1 aliphatic rings. The average molecular weight is 322 g/mol. The summed E-state index contributed by atoms with van der Waals surface area (Å²) in [5, 5.41) is 9.94. The van der Waals surface area contributed by atoms with Crippen molar-refractivity contribution >= 4 is 11.6 Å². The molecule has 1 atom stereocenters. The SMILES string of the molecule is CC(O)c1cc2c(c(-c3ccc(F)c(Cl)c3)n1)OCC2(C)C. The molecule has 5 heteroatoms. The molecule has 1 N–H and O–H groups in total. The Morgan fingerprint density at radius 1 is 1.36 bits per heavy atom. The molecule has 0 saturated carbocycles. The third kappa shape index (κ3) is 2.46. The van der Waals surface area contributed by atoms with Crippen LogP contribution in [0.15, 0.2) is 24.3 Å². The van der Waals surface area contributed by atoms with E-state index in [1.807, 2.05) is 6.07 Å². The Kier molecular flexibility index (Phi) is 3.62. The van der Waals surface area contributed by atoms with Gasteiger partial charge in [0.05, 0.1) is 23.4 Å². The molecule has 0 radical (unpaired) electrons. The number of nitrogens with zero attached hydrogens (tertiary/aromatic N) is 1. The lowest BCUT2D eigenvalue weighted by Crippen LogP contribution is -2.18. The zero-order valence-electron chi connectivity index (χ0n) is 12.7. The van der Waals surface area contributed by atoms with Crippen molar-refractivity contribution in [1.29, 1.82) is 0 Å². The van der Waals surface area contributed by atoms with Crippen LogP contribution in [0, 0.1) is 5.82 Å². The van der Waals surface area contributed by atoms with Crippen LogP contribution in [-0.4, -0.2) is 16.7 Å². The summed E-state index contributed by atoms with van der Waals surface area (Å²) in [7, 11) is 0. The summed E-state index contributed by atoms with van der Waals surface area (Å²) in [6, 6.07) is 6.33. The molecule has 116 valence electrons. The third-order valence-electron chi connectivity index (χ3n) is 3.92. The molecule has 0 saturated heterocycles. The predicted octanol–water partition coefficient (Wildman–Crippen LogP) is 4.26. The van der Waals surface area contributed by atoms with Crippen molar-refractivity contribution in [3.63, 3.8) is 0 Å². The summed E-state index contributed by atoms with van der Waals surface area (Å²) in [6.45, 7) is 6.35. The Bertz CT molecular complexity index is 744. The van der Waals surface area contributed by atoms with E-state index in [0.717, 1.165) is 5.56 Å². The Balaban J connectivity index is 2.25. The van der Waals surface area contributed by atoms with Gasteiger partial charge in [-0.05, 0) is 31.2 Å². The molecule has 1 aliphatic heterocycles. The fraction of sp³-hybridized carbons (Fsp3) is 0.353. The minimum Gasteiger partial charge on any atom is -0.490 e. The largest absolute Gasteiger partial charge is 0.490 e. The van der Waals surface area contributed by atoms with Gasteiger partial charge in [-0.15, -0.1) is 0 Å². The molecule has 0 spiro atoms. The smallest absolute Gasteiger partial charge is 0.149 e. The van der Waals surface area contributed by atoms with Gasteiger partial charge in [0.15, 0.2) is 0 Å². The molecule has 22 heavy (non-hydrogen) atoms. The van der Waals surface area contributed by atoms with Crippen molar-refractivity contribution in [3.8, 4) is 17.0 Å². The maximum Gasteiger partial charge on any atom is 0.149 e. The maximum absolute atomic E-state index is 13.4. The van der Waals surface area contributed by atoms with Crippen LogP contribution in [0.3, 0.4) is 0 Å². The van der Waals surface area contributed by atoms with Gasteiger partial charge in [-0.25, -0.2) is 9.37 Å². The van der Waals surface area contributed by atoms with Crippen LogP contribution in [0.1, 0.15) is 38.1 Å². The van der Waals surface area contributed by atoms with Gasteiger partial charge in [-0.3, -0.25) is 0 Å². The van der Waals surface area contributed by atoms with Crippen LogP contribution < -0.4 is 4.74 Å². The number of hydrogen-bond acceptors (Lipinski definition) is 3. The van der Waals surface area contributed by atoms with Crippen molar-refractivity contribution in [2.75, 3.05) is 6.61 Å². The standard InChI is InChI=1S/C17H17ClFNO2/c1-9(21)14-7-11-16(22-8-17(11,2)3)15(20-14)10-4-5-13(19)12(18)6-10/h4-7,9,21H,8H2,1-3H3. The van der Waals surface area contributed by atoms with Crippen LogP contribution in [0.5, 0.6) is 5.75 Å². The first-order valence-electron chi connectivity index (χ1n) is 7.11. The number of hydrogen-bond donors (Lipinski definition) is 1. The fourth-order valence-electron chi connectivity index (χ4n) is 2.59. The highest BCUT2D eigenvalue weighted by Gasteiger charge is 2.35. The Morgan fingerprint density at radius 2 is 2.09 bits per heavy atom. The van der Waals surface area contributed by atoms with Crippen LogP contribution in [0.2, 0.25) is 5.02 Å². The number of fused-ring (bicyclic) bond motifs is 1. The molecule has 3 nitrogen and oxygen atoms in total. The lowest BCUT2D eigenvalue weighted by atomic mass is 9.86. The normalized spacial score (nSPS) is 17.0. The van der Waals surface area contributed by atoms with Crippen molar-refractivity contribution in [1.82, 2.24) is 4.98 Å². The average Bonchev–Trinajstić information content (AvgIpc) is 2.77. The van der Waals surface area contributed by atoms with E-state index in [1.165, 1.54) is 12.1 Å². The molecule has 2 aromatic rings. The van der Waals surface area contributed by atoms with E-state index in [1.54, 1.807) is 13.0 Å². The second-order valence-corrected chi connectivity index (χ2v) is 6.66. The number of halogens is 2. The molecule has 0 amide bonds. The highest BCUT2D eigenvalue weighted by atomic mass is 35.5. The first-order chi connectivity index (χ1) is 10.3. The first kappa shape index (κ1) is 15.3. The minimum absolute atomic E-state index is 0.0350. The molecule has 0 bridgehead atoms. The van der Waals surface area contributed by atoms with Gasteiger partial charge in [0.1, 0.15) is 17.3 Å². The summed E-state index contributed by atoms with van der Waals surface area (Å²) in [4.78, 5) is 4.49. The number of benzene rings is 1. The highest BCUT2D eigenvalue weighted by molar-refractivity contribution is 6.31. The molecule has 1 unspecified atom stereocenters. The van der Waals surface area contributed by atoms with Crippen LogP contribution in [0.25, 0.3) is 11.3 Å². The number of rotatable bonds is 2. The quantitative estimate of drug-likeness (QED) is 0.898.